The fraction of sp³-hybridized carbons (Fsp3) is 0.133. The van der Waals surface area contributed by atoms with Crippen LogP contribution in [0.3, 0.4) is 0 Å². The van der Waals surface area contributed by atoms with Crippen LogP contribution in [-0.2, 0) is 0 Å². The lowest BCUT2D eigenvalue weighted by Gasteiger charge is -2.15. The number of ketones is 1. The topological polar surface area (TPSA) is 26.3 Å². The zero-order valence-corrected chi connectivity index (χ0v) is 12.1. The monoisotopic (exact) mass is 312 g/mol. The SMILES string of the molecule is CC(Oc1cccc(Cl)c1Cl)C(=O)c1ccc(F)cc1. The summed E-state index contributed by atoms with van der Waals surface area (Å²) < 4.78 is 18.3. The van der Waals surface area contributed by atoms with E-state index in [9.17, 15) is 9.18 Å². The molecule has 0 spiro atoms. The van der Waals surface area contributed by atoms with Gasteiger partial charge in [0, 0.05) is 5.56 Å². The molecular formula is C15H11Cl2FO2. The van der Waals surface area contributed by atoms with Crippen LogP contribution in [0.2, 0.25) is 10.0 Å². The molecule has 0 bridgehead atoms. The molecule has 0 aliphatic rings. The van der Waals surface area contributed by atoms with Gasteiger partial charge in [-0.15, -0.1) is 0 Å². The quantitative estimate of drug-likeness (QED) is 0.759. The summed E-state index contributed by atoms with van der Waals surface area (Å²) in [7, 11) is 0. The van der Waals surface area contributed by atoms with Gasteiger partial charge in [-0.05, 0) is 43.3 Å². The number of hydrogen-bond acceptors (Lipinski definition) is 2. The van der Waals surface area contributed by atoms with Crippen molar-refractivity contribution < 1.29 is 13.9 Å². The second-order valence-electron chi connectivity index (χ2n) is 4.18. The van der Waals surface area contributed by atoms with E-state index < -0.39 is 11.9 Å². The van der Waals surface area contributed by atoms with Crippen molar-refractivity contribution in [3.8, 4) is 5.75 Å². The van der Waals surface area contributed by atoms with Gasteiger partial charge in [0.2, 0.25) is 5.78 Å². The van der Waals surface area contributed by atoms with E-state index in [1.54, 1.807) is 25.1 Å². The average molecular weight is 313 g/mol. The molecule has 0 amide bonds. The first-order chi connectivity index (χ1) is 9.49. The molecule has 1 atom stereocenters. The number of rotatable bonds is 4. The van der Waals surface area contributed by atoms with Crippen LogP contribution in [0.4, 0.5) is 4.39 Å². The van der Waals surface area contributed by atoms with Crippen LogP contribution in [0.15, 0.2) is 42.5 Å². The lowest BCUT2D eigenvalue weighted by molar-refractivity contribution is 0.0818. The first-order valence-corrected chi connectivity index (χ1v) is 6.65. The van der Waals surface area contributed by atoms with Gasteiger partial charge < -0.3 is 4.74 Å². The molecule has 20 heavy (non-hydrogen) atoms. The number of benzene rings is 2. The van der Waals surface area contributed by atoms with Gasteiger partial charge in [-0.3, -0.25) is 4.79 Å². The van der Waals surface area contributed by atoms with Crippen molar-refractivity contribution in [2.45, 2.75) is 13.0 Å². The highest BCUT2D eigenvalue weighted by Crippen LogP contribution is 2.32. The maximum atomic E-state index is 12.8. The molecule has 5 heteroatoms. The Kier molecular flexibility index (Phi) is 4.63. The third-order valence-corrected chi connectivity index (χ3v) is 3.52. The highest BCUT2D eigenvalue weighted by molar-refractivity contribution is 6.42. The van der Waals surface area contributed by atoms with E-state index in [1.807, 2.05) is 0 Å². The molecule has 2 nitrogen and oxygen atoms in total. The highest BCUT2D eigenvalue weighted by Gasteiger charge is 2.18. The predicted molar refractivity (Wildman–Crippen MR) is 77.3 cm³/mol. The third-order valence-electron chi connectivity index (χ3n) is 2.72. The number of carbonyl (C=O) groups excluding carboxylic acids is 1. The van der Waals surface area contributed by atoms with Crippen molar-refractivity contribution in [1.82, 2.24) is 0 Å². The summed E-state index contributed by atoms with van der Waals surface area (Å²) in [5, 5.41) is 0.610. The van der Waals surface area contributed by atoms with Crippen LogP contribution >= 0.6 is 23.2 Å². The van der Waals surface area contributed by atoms with Gasteiger partial charge in [0.1, 0.15) is 16.6 Å². The summed E-state index contributed by atoms with van der Waals surface area (Å²) in [6, 6.07) is 10.2. The van der Waals surface area contributed by atoms with Gasteiger partial charge in [-0.25, -0.2) is 4.39 Å². The summed E-state index contributed by atoms with van der Waals surface area (Å²) in [6.45, 7) is 1.60. The Hall–Kier alpha value is -1.58. The summed E-state index contributed by atoms with van der Waals surface area (Å²) in [4.78, 5) is 12.1. The maximum Gasteiger partial charge on any atom is 0.202 e. The van der Waals surface area contributed by atoms with Gasteiger partial charge in [0.05, 0.1) is 5.02 Å². The Morgan fingerprint density at radius 3 is 2.45 bits per heavy atom. The van der Waals surface area contributed by atoms with E-state index in [4.69, 9.17) is 27.9 Å². The normalized spacial score (nSPS) is 12.0. The van der Waals surface area contributed by atoms with Crippen molar-refractivity contribution in [2.75, 3.05) is 0 Å². The molecular weight excluding hydrogens is 302 g/mol. The molecule has 0 aliphatic heterocycles. The standard InChI is InChI=1S/C15H11Cl2FO2/c1-9(15(19)10-5-7-11(18)8-6-10)20-13-4-2-3-12(16)14(13)17/h2-9H,1H3. The zero-order chi connectivity index (χ0) is 14.7. The molecule has 0 aromatic heterocycles. The van der Waals surface area contributed by atoms with Crippen LogP contribution < -0.4 is 4.74 Å². The third kappa shape index (κ3) is 3.30. The van der Waals surface area contributed by atoms with E-state index in [0.717, 1.165) is 0 Å². The Morgan fingerprint density at radius 1 is 1.15 bits per heavy atom. The molecule has 0 saturated heterocycles. The highest BCUT2D eigenvalue weighted by atomic mass is 35.5. The van der Waals surface area contributed by atoms with E-state index in [0.29, 0.717) is 16.3 Å². The van der Waals surface area contributed by atoms with E-state index in [1.165, 1.54) is 24.3 Å². The summed E-state index contributed by atoms with van der Waals surface area (Å²) >= 11 is 11.9. The molecule has 0 aliphatic carbocycles. The molecule has 0 heterocycles. The van der Waals surface area contributed by atoms with Gasteiger partial charge in [0.25, 0.3) is 0 Å². The van der Waals surface area contributed by atoms with Crippen LogP contribution in [0.25, 0.3) is 0 Å². The number of carbonyl (C=O) groups is 1. The summed E-state index contributed by atoms with van der Waals surface area (Å²) in [5.74, 6) is -0.323. The Balaban J connectivity index is 2.15. The Labute approximate surface area is 126 Å². The minimum atomic E-state index is -0.753. The molecule has 2 aromatic rings. The molecule has 0 saturated carbocycles. The number of hydrogen-bond donors (Lipinski definition) is 0. The van der Waals surface area contributed by atoms with Gasteiger partial charge in [0.15, 0.2) is 6.10 Å². The zero-order valence-electron chi connectivity index (χ0n) is 10.6. The fourth-order valence-corrected chi connectivity index (χ4v) is 2.00. The molecule has 2 aromatic carbocycles. The van der Waals surface area contributed by atoms with Crippen molar-refractivity contribution in [1.29, 1.82) is 0 Å². The minimum absolute atomic E-state index is 0.257. The van der Waals surface area contributed by atoms with Gasteiger partial charge in [-0.1, -0.05) is 29.3 Å². The fourth-order valence-electron chi connectivity index (χ4n) is 1.67. The maximum absolute atomic E-state index is 12.8. The smallest absolute Gasteiger partial charge is 0.202 e. The van der Waals surface area contributed by atoms with E-state index >= 15 is 0 Å². The molecule has 0 N–H and O–H groups in total. The van der Waals surface area contributed by atoms with Crippen molar-refractivity contribution in [2.24, 2.45) is 0 Å². The summed E-state index contributed by atoms with van der Waals surface area (Å²) in [5.41, 5.74) is 0.372. The second-order valence-corrected chi connectivity index (χ2v) is 4.97. The Bertz CT molecular complexity index is 626. The molecule has 1 unspecified atom stereocenters. The van der Waals surface area contributed by atoms with Crippen LogP contribution in [0, 0.1) is 5.82 Å². The number of Topliss-reactive ketones (excluding diaryl/α,β-unsaturated/α-hetero) is 1. The van der Waals surface area contributed by atoms with Crippen molar-refractivity contribution in [3.63, 3.8) is 0 Å². The molecule has 2 rings (SSSR count). The van der Waals surface area contributed by atoms with Gasteiger partial charge in [-0.2, -0.15) is 0 Å². The number of ether oxygens (including phenoxy) is 1. The largest absolute Gasteiger partial charge is 0.481 e. The average Bonchev–Trinajstić information content (AvgIpc) is 2.44. The van der Waals surface area contributed by atoms with Crippen LogP contribution in [-0.4, -0.2) is 11.9 Å². The second kappa shape index (κ2) is 6.25. The van der Waals surface area contributed by atoms with Gasteiger partial charge >= 0.3 is 0 Å². The first-order valence-electron chi connectivity index (χ1n) is 5.89. The predicted octanol–water partition coefficient (Wildman–Crippen LogP) is 4.78. The first kappa shape index (κ1) is 14.8. The molecule has 104 valence electrons. The minimum Gasteiger partial charge on any atom is -0.481 e. The number of halogens is 3. The molecule has 0 radical (unpaired) electrons. The van der Waals surface area contributed by atoms with Crippen LogP contribution in [0.1, 0.15) is 17.3 Å². The van der Waals surface area contributed by atoms with Crippen molar-refractivity contribution >= 4 is 29.0 Å². The Morgan fingerprint density at radius 2 is 1.80 bits per heavy atom. The van der Waals surface area contributed by atoms with E-state index in [2.05, 4.69) is 0 Å². The molecule has 0 fully saturated rings. The van der Waals surface area contributed by atoms with Crippen LogP contribution in [0.5, 0.6) is 5.75 Å². The lowest BCUT2D eigenvalue weighted by Crippen LogP contribution is -2.24. The van der Waals surface area contributed by atoms with Crippen molar-refractivity contribution in [3.05, 3.63) is 63.9 Å². The lowest BCUT2D eigenvalue weighted by atomic mass is 10.1. The van der Waals surface area contributed by atoms with E-state index in [-0.39, 0.29) is 10.8 Å². The summed E-state index contributed by atoms with van der Waals surface area (Å²) in [6.07, 6.45) is -0.753.